The van der Waals surface area contributed by atoms with Crippen LogP contribution in [0.1, 0.15) is 40.7 Å². The van der Waals surface area contributed by atoms with Gasteiger partial charge in [-0.15, -0.1) is 0 Å². The summed E-state index contributed by atoms with van der Waals surface area (Å²) >= 11 is 6.04. The van der Waals surface area contributed by atoms with Gasteiger partial charge in [-0.05, 0) is 78.9 Å². The first-order valence-electron chi connectivity index (χ1n) is 18.4. The van der Waals surface area contributed by atoms with E-state index in [9.17, 15) is 32.3 Å². The molecule has 3 amide bonds. The normalized spacial score (nSPS) is 13.2. The molecule has 0 saturated heterocycles. The Morgan fingerprint density at radius 1 is 0.817 bits per heavy atom. The largest absolute Gasteiger partial charge is 0.489 e. The highest BCUT2D eigenvalue weighted by molar-refractivity contribution is 6.39. The Balaban J connectivity index is 1.03. The smallest absolute Gasteiger partial charge is 0.422 e. The van der Waals surface area contributed by atoms with Gasteiger partial charge in [0.15, 0.2) is 6.61 Å². The molecule has 1 saturated carbocycles. The summed E-state index contributed by atoms with van der Waals surface area (Å²) in [5.74, 6) is -3.08. The first-order chi connectivity index (χ1) is 28.8. The van der Waals surface area contributed by atoms with Gasteiger partial charge in [0.2, 0.25) is 11.9 Å². The molecule has 1 fully saturated rings. The highest BCUT2D eigenvalue weighted by atomic mass is 35.5. The molecule has 5 aromatic rings. The van der Waals surface area contributed by atoms with Crippen LogP contribution in [0.15, 0.2) is 103 Å². The van der Waals surface area contributed by atoms with Crippen molar-refractivity contribution in [1.82, 2.24) is 25.6 Å². The van der Waals surface area contributed by atoms with Crippen LogP contribution >= 0.6 is 11.6 Å². The number of anilines is 4. The standard InChI is InChI=1S/C41H38ClF3N8O7/c1-58-36(57)32(18-21-46-34(55)35(56)47-30-8-5-9-31(22-30)59-23-25-6-3-2-4-7-25)49-33(54)26-10-16-29(17-11-26)48-37-50-38(52-39(51-37)60-24-41(43,44)45)53-40(19-20-40)27-12-14-28(42)15-13-27/h2-17,22,32H,18-21,23-24H2,1H3,(H,46,55)(H,47,56)(H,49,54)(H2,48,50,51,52,53)/t32-/m1/s1. The summed E-state index contributed by atoms with van der Waals surface area (Å²) in [5, 5.41) is 14.1. The van der Waals surface area contributed by atoms with Crippen LogP contribution in [0, 0.1) is 0 Å². The lowest BCUT2D eigenvalue weighted by Gasteiger charge is -2.19. The monoisotopic (exact) mass is 846 g/mol. The number of ether oxygens (including phenoxy) is 3. The van der Waals surface area contributed by atoms with Crippen molar-refractivity contribution in [1.29, 1.82) is 0 Å². The maximum absolute atomic E-state index is 13.2. The molecule has 5 N–H and O–H groups in total. The van der Waals surface area contributed by atoms with Gasteiger partial charge in [0.25, 0.3) is 5.91 Å². The maximum atomic E-state index is 13.2. The first-order valence-corrected chi connectivity index (χ1v) is 18.8. The van der Waals surface area contributed by atoms with Crippen LogP contribution in [0.25, 0.3) is 0 Å². The van der Waals surface area contributed by atoms with Gasteiger partial charge in [0.05, 0.1) is 12.6 Å². The summed E-state index contributed by atoms with van der Waals surface area (Å²) in [6.45, 7) is -1.49. The van der Waals surface area contributed by atoms with Crippen molar-refractivity contribution in [2.24, 2.45) is 0 Å². The third-order valence-electron chi connectivity index (χ3n) is 8.94. The van der Waals surface area contributed by atoms with Crippen LogP contribution < -0.4 is 36.1 Å². The van der Waals surface area contributed by atoms with Crippen LogP contribution in [0.5, 0.6) is 11.8 Å². The number of halogens is 4. The number of esters is 1. The van der Waals surface area contributed by atoms with Crippen molar-refractivity contribution in [3.63, 3.8) is 0 Å². The second kappa shape index (κ2) is 19.2. The fraction of sp³-hybridized carbons (Fsp3) is 0.244. The third-order valence-corrected chi connectivity index (χ3v) is 9.19. The van der Waals surface area contributed by atoms with Crippen molar-refractivity contribution in [2.45, 2.75) is 43.6 Å². The number of rotatable bonds is 17. The molecule has 0 spiro atoms. The van der Waals surface area contributed by atoms with Gasteiger partial charge >= 0.3 is 30.0 Å². The topological polar surface area (TPSA) is 195 Å². The quantitative estimate of drug-likeness (QED) is 0.0518. The van der Waals surface area contributed by atoms with Gasteiger partial charge in [0, 0.05) is 34.6 Å². The number of hydrogen-bond donors (Lipinski definition) is 5. The van der Waals surface area contributed by atoms with E-state index in [1.54, 1.807) is 36.4 Å². The average Bonchev–Trinajstić information content (AvgIpc) is 4.02. The molecule has 0 aliphatic heterocycles. The predicted molar refractivity (Wildman–Crippen MR) is 214 cm³/mol. The molecule has 6 rings (SSSR count). The predicted octanol–water partition coefficient (Wildman–Crippen LogP) is 6.31. The van der Waals surface area contributed by atoms with Gasteiger partial charge in [-0.1, -0.05) is 60.1 Å². The van der Waals surface area contributed by atoms with Gasteiger partial charge in [0.1, 0.15) is 18.4 Å². The number of carbonyl (C=O) groups is 4. The van der Waals surface area contributed by atoms with E-state index in [2.05, 4.69) is 41.5 Å². The lowest BCUT2D eigenvalue weighted by molar-refractivity contribution is -0.154. The maximum Gasteiger partial charge on any atom is 0.422 e. The zero-order chi connectivity index (χ0) is 42.7. The Morgan fingerprint density at radius 3 is 2.22 bits per heavy atom. The van der Waals surface area contributed by atoms with Crippen LogP contribution in [0.3, 0.4) is 0 Å². The van der Waals surface area contributed by atoms with Gasteiger partial charge in [-0.3, -0.25) is 14.4 Å². The van der Waals surface area contributed by atoms with Crippen molar-refractivity contribution in [3.8, 4) is 11.8 Å². The average molecular weight is 847 g/mol. The number of amides is 3. The molecule has 0 unspecified atom stereocenters. The molecule has 4 aromatic carbocycles. The molecular weight excluding hydrogens is 809 g/mol. The molecule has 312 valence electrons. The van der Waals surface area contributed by atoms with E-state index < -0.39 is 54.1 Å². The number of methoxy groups -OCH3 is 1. The fourth-order valence-electron chi connectivity index (χ4n) is 5.74. The molecule has 1 aliphatic carbocycles. The second-order valence-corrected chi connectivity index (χ2v) is 13.9. The summed E-state index contributed by atoms with van der Waals surface area (Å²) < 4.78 is 54.4. The van der Waals surface area contributed by atoms with Crippen LogP contribution in [-0.4, -0.2) is 71.1 Å². The third kappa shape index (κ3) is 12.3. The van der Waals surface area contributed by atoms with E-state index in [1.165, 1.54) is 24.3 Å². The number of alkyl halides is 3. The highest BCUT2D eigenvalue weighted by Gasteiger charge is 2.45. The minimum atomic E-state index is -4.64. The molecule has 0 bridgehead atoms. The molecule has 0 radical (unpaired) electrons. The second-order valence-electron chi connectivity index (χ2n) is 13.4. The van der Waals surface area contributed by atoms with E-state index in [-0.39, 0.29) is 30.4 Å². The van der Waals surface area contributed by atoms with Gasteiger partial charge in [-0.2, -0.15) is 28.1 Å². The van der Waals surface area contributed by atoms with Crippen LogP contribution in [-0.2, 0) is 31.3 Å². The summed E-state index contributed by atoms with van der Waals surface area (Å²) in [4.78, 5) is 63.3. The Labute approximate surface area is 346 Å². The zero-order valence-corrected chi connectivity index (χ0v) is 32.6. The molecule has 60 heavy (non-hydrogen) atoms. The Morgan fingerprint density at radius 2 is 1.53 bits per heavy atom. The van der Waals surface area contributed by atoms with Crippen LogP contribution in [0.4, 0.5) is 36.4 Å². The number of aromatic nitrogens is 3. The number of nitrogens with one attached hydrogen (secondary N) is 5. The van der Waals surface area contributed by atoms with Gasteiger partial charge in [-0.25, -0.2) is 4.79 Å². The van der Waals surface area contributed by atoms with E-state index in [4.69, 9.17) is 25.8 Å². The molecule has 19 heteroatoms. The number of benzene rings is 4. The molecule has 1 atom stereocenters. The first kappa shape index (κ1) is 42.7. The van der Waals surface area contributed by atoms with Crippen molar-refractivity contribution < 1.29 is 46.6 Å². The number of hydrogen-bond acceptors (Lipinski definition) is 12. The van der Waals surface area contributed by atoms with Crippen molar-refractivity contribution >= 4 is 58.6 Å². The Hall–Kier alpha value is -6.95. The summed E-state index contributed by atoms with van der Waals surface area (Å²) in [7, 11) is 1.13. The van der Waals surface area contributed by atoms with Crippen molar-refractivity contribution in [2.75, 3.05) is 36.2 Å². The zero-order valence-electron chi connectivity index (χ0n) is 31.8. The van der Waals surface area contributed by atoms with Crippen molar-refractivity contribution in [3.05, 3.63) is 125 Å². The molecule has 1 aromatic heterocycles. The van der Waals surface area contributed by atoms with Gasteiger partial charge < -0.3 is 40.8 Å². The lowest BCUT2D eigenvalue weighted by atomic mass is 10.1. The summed E-state index contributed by atoms with van der Waals surface area (Å²) in [6, 6.07) is 27.2. The molecular formula is C41H38ClF3N8O7. The van der Waals surface area contributed by atoms with E-state index >= 15 is 0 Å². The lowest BCUT2D eigenvalue weighted by Crippen LogP contribution is -2.44. The summed E-state index contributed by atoms with van der Waals surface area (Å²) in [6.07, 6.45) is -3.35. The Bertz CT molecular complexity index is 2300. The molecule has 15 nitrogen and oxygen atoms in total. The highest BCUT2D eigenvalue weighted by Crippen LogP contribution is 2.48. The van der Waals surface area contributed by atoms with E-state index in [1.807, 2.05) is 42.5 Å². The molecule has 1 heterocycles. The molecule has 1 aliphatic rings. The van der Waals surface area contributed by atoms with E-state index in [0.717, 1.165) is 18.2 Å². The minimum Gasteiger partial charge on any atom is -0.489 e. The minimum absolute atomic E-state index is 0.0335. The fourth-order valence-corrected chi connectivity index (χ4v) is 5.87. The number of carbonyl (C=O) groups excluding carboxylic acids is 4. The summed E-state index contributed by atoms with van der Waals surface area (Å²) in [5.41, 5.74) is 2.08. The number of nitrogens with zero attached hydrogens (tertiary/aromatic N) is 3. The SMILES string of the molecule is COC(=O)[C@@H](CCNC(=O)C(=O)Nc1cccc(OCc2ccccc2)c1)NC(=O)c1ccc(Nc2nc(NC3(c4ccc(Cl)cc4)CC3)nc(OCC(F)(F)F)n2)cc1. The van der Waals surface area contributed by atoms with Crippen LogP contribution in [0.2, 0.25) is 5.02 Å². The van der Waals surface area contributed by atoms with E-state index in [0.29, 0.717) is 41.6 Å². The Kier molecular flexibility index (Phi) is 13.6.